The van der Waals surface area contributed by atoms with Crippen molar-refractivity contribution in [3.63, 3.8) is 0 Å². The van der Waals surface area contributed by atoms with E-state index in [9.17, 15) is 14.4 Å². The number of aryl methyl sites for hydroxylation is 1. The van der Waals surface area contributed by atoms with E-state index in [1.807, 2.05) is 48.2 Å². The van der Waals surface area contributed by atoms with Crippen LogP contribution in [0, 0.1) is 12.8 Å². The molecule has 3 aromatic carbocycles. The maximum atomic E-state index is 12.8. The molecule has 1 fully saturated rings. The molecule has 36 heavy (non-hydrogen) atoms. The fraction of sp³-hybridized carbons (Fsp3) is 0.276. The summed E-state index contributed by atoms with van der Waals surface area (Å²) in [4.78, 5) is 39.6. The third-order valence-electron chi connectivity index (χ3n) is 6.34. The molecule has 1 aliphatic heterocycles. The number of nitrogens with zero attached hydrogens (tertiary/aromatic N) is 1. The summed E-state index contributed by atoms with van der Waals surface area (Å²) in [6.07, 6.45) is 2.06. The minimum Gasteiger partial charge on any atom is -0.376 e. The summed E-state index contributed by atoms with van der Waals surface area (Å²) in [7, 11) is 0. The lowest BCUT2D eigenvalue weighted by molar-refractivity contribution is -0.114. The Morgan fingerprint density at radius 1 is 0.806 bits per heavy atom. The molecule has 3 N–H and O–H groups in total. The van der Waals surface area contributed by atoms with Crippen LogP contribution in [-0.2, 0) is 4.79 Å². The standard InChI is InChI=1S/C29H32N4O3/c1-20-13-15-33(16-14-20)29(36)23-7-4-8-26(18-23)30-19-27(34)31-24-9-11-25(12-10-24)32-28(35)22-6-3-5-21(2)17-22/h3-12,17-18,20,30H,13-16,19H2,1-2H3,(H,31,34)(H,32,35). The van der Waals surface area contributed by atoms with Gasteiger partial charge in [0, 0.05) is 41.3 Å². The zero-order valence-corrected chi connectivity index (χ0v) is 20.7. The van der Waals surface area contributed by atoms with Crippen LogP contribution >= 0.6 is 0 Å². The second-order valence-electron chi connectivity index (χ2n) is 9.36. The summed E-state index contributed by atoms with van der Waals surface area (Å²) in [5.74, 6) is 0.294. The SMILES string of the molecule is Cc1cccc(C(=O)Nc2ccc(NC(=O)CNc3cccc(C(=O)N4CCC(C)CC4)c3)cc2)c1. The monoisotopic (exact) mass is 484 g/mol. The maximum absolute atomic E-state index is 12.8. The van der Waals surface area contributed by atoms with Gasteiger partial charge in [-0.2, -0.15) is 0 Å². The number of hydrogen-bond acceptors (Lipinski definition) is 4. The molecule has 4 rings (SSSR count). The van der Waals surface area contributed by atoms with Crippen LogP contribution in [0.25, 0.3) is 0 Å². The molecule has 0 radical (unpaired) electrons. The zero-order chi connectivity index (χ0) is 25.5. The first kappa shape index (κ1) is 25.0. The molecule has 3 amide bonds. The molecule has 0 aliphatic carbocycles. The average Bonchev–Trinajstić information content (AvgIpc) is 2.89. The highest BCUT2D eigenvalue weighted by atomic mass is 16.2. The van der Waals surface area contributed by atoms with Crippen LogP contribution in [-0.4, -0.2) is 42.3 Å². The van der Waals surface area contributed by atoms with Gasteiger partial charge in [0.2, 0.25) is 5.91 Å². The molecule has 7 nitrogen and oxygen atoms in total. The van der Waals surface area contributed by atoms with E-state index in [1.165, 1.54) is 0 Å². The van der Waals surface area contributed by atoms with Crippen LogP contribution in [0.4, 0.5) is 17.1 Å². The predicted octanol–water partition coefficient (Wildman–Crippen LogP) is 5.17. The summed E-state index contributed by atoms with van der Waals surface area (Å²) in [6.45, 7) is 5.79. The largest absolute Gasteiger partial charge is 0.376 e. The minimum absolute atomic E-state index is 0.0320. The van der Waals surface area contributed by atoms with Crippen LogP contribution in [0.1, 0.15) is 46.0 Å². The molecule has 3 aromatic rings. The molecular weight excluding hydrogens is 452 g/mol. The first-order valence-electron chi connectivity index (χ1n) is 12.3. The summed E-state index contributed by atoms with van der Waals surface area (Å²) in [6, 6.07) is 21.6. The molecule has 186 valence electrons. The average molecular weight is 485 g/mol. The Morgan fingerprint density at radius 3 is 2.14 bits per heavy atom. The number of nitrogens with one attached hydrogen (secondary N) is 3. The number of benzene rings is 3. The van der Waals surface area contributed by atoms with Crippen LogP contribution in [0.15, 0.2) is 72.8 Å². The van der Waals surface area contributed by atoms with Gasteiger partial charge in [0.05, 0.1) is 6.54 Å². The molecule has 7 heteroatoms. The van der Waals surface area contributed by atoms with Gasteiger partial charge in [-0.25, -0.2) is 0 Å². The van der Waals surface area contributed by atoms with Gasteiger partial charge in [-0.05, 0) is 80.3 Å². The summed E-state index contributed by atoms with van der Waals surface area (Å²) < 4.78 is 0. The van der Waals surface area contributed by atoms with E-state index in [0.717, 1.165) is 37.2 Å². The summed E-state index contributed by atoms with van der Waals surface area (Å²) in [5, 5.41) is 8.78. The number of hydrogen-bond donors (Lipinski definition) is 3. The van der Waals surface area contributed by atoms with Gasteiger partial charge >= 0.3 is 0 Å². The van der Waals surface area contributed by atoms with Crippen molar-refractivity contribution < 1.29 is 14.4 Å². The molecule has 1 aliphatic rings. The molecule has 0 bridgehead atoms. The van der Waals surface area contributed by atoms with Crippen molar-refractivity contribution >= 4 is 34.8 Å². The molecule has 0 spiro atoms. The Hall–Kier alpha value is -4.13. The second-order valence-corrected chi connectivity index (χ2v) is 9.36. The Bertz CT molecular complexity index is 1230. The van der Waals surface area contributed by atoms with E-state index in [1.54, 1.807) is 36.4 Å². The topological polar surface area (TPSA) is 90.5 Å². The number of anilines is 3. The normalized spacial score (nSPS) is 13.7. The smallest absolute Gasteiger partial charge is 0.255 e. The Kier molecular flexibility index (Phi) is 8.00. The van der Waals surface area contributed by atoms with Gasteiger partial charge in [0.15, 0.2) is 0 Å². The van der Waals surface area contributed by atoms with E-state index in [2.05, 4.69) is 22.9 Å². The lowest BCUT2D eigenvalue weighted by atomic mass is 9.98. The van der Waals surface area contributed by atoms with Crippen molar-refractivity contribution in [1.29, 1.82) is 0 Å². The van der Waals surface area contributed by atoms with E-state index in [0.29, 0.717) is 28.4 Å². The van der Waals surface area contributed by atoms with Gasteiger partial charge in [-0.1, -0.05) is 30.7 Å². The molecule has 1 heterocycles. The van der Waals surface area contributed by atoms with Crippen molar-refractivity contribution in [3.8, 4) is 0 Å². The first-order chi connectivity index (χ1) is 17.4. The summed E-state index contributed by atoms with van der Waals surface area (Å²) >= 11 is 0. The highest BCUT2D eigenvalue weighted by Crippen LogP contribution is 2.20. The van der Waals surface area contributed by atoms with Crippen LogP contribution < -0.4 is 16.0 Å². The quantitative estimate of drug-likeness (QED) is 0.432. The van der Waals surface area contributed by atoms with Crippen LogP contribution in [0.2, 0.25) is 0 Å². The Morgan fingerprint density at radius 2 is 1.44 bits per heavy atom. The van der Waals surface area contributed by atoms with Crippen molar-refractivity contribution in [2.45, 2.75) is 26.7 Å². The van der Waals surface area contributed by atoms with E-state index in [4.69, 9.17) is 0 Å². The van der Waals surface area contributed by atoms with Crippen molar-refractivity contribution in [3.05, 3.63) is 89.5 Å². The molecule has 1 saturated heterocycles. The van der Waals surface area contributed by atoms with Gasteiger partial charge in [0.25, 0.3) is 11.8 Å². The molecule has 0 unspecified atom stereocenters. The Labute approximate surface area is 211 Å². The van der Waals surface area contributed by atoms with Gasteiger partial charge in [-0.3, -0.25) is 14.4 Å². The second kappa shape index (κ2) is 11.5. The number of carbonyl (C=O) groups is 3. The highest BCUT2D eigenvalue weighted by molar-refractivity contribution is 6.04. The van der Waals surface area contributed by atoms with Gasteiger partial charge < -0.3 is 20.9 Å². The third kappa shape index (κ3) is 6.72. The van der Waals surface area contributed by atoms with Gasteiger partial charge in [0.1, 0.15) is 0 Å². The maximum Gasteiger partial charge on any atom is 0.255 e. The molecular formula is C29H32N4O3. The van der Waals surface area contributed by atoms with Crippen molar-refractivity contribution in [2.75, 3.05) is 35.6 Å². The lowest BCUT2D eigenvalue weighted by Crippen LogP contribution is -2.37. The Balaban J connectivity index is 1.27. The number of carbonyl (C=O) groups excluding carboxylic acids is 3. The van der Waals surface area contributed by atoms with Crippen molar-refractivity contribution in [1.82, 2.24) is 4.90 Å². The zero-order valence-electron chi connectivity index (χ0n) is 20.7. The van der Waals surface area contributed by atoms with E-state index in [-0.39, 0.29) is 24.3 Å². The number of likely N-dealkylation sites (tertiary alicyclic amines) is 1. The number of amides is 3. The lowest BCUT2D eigenvalue weighted by Gasteiger charge is -2.30. The van der Waals surface area contributed by atoms with Crippen LogP contribution in [0.3, 0.4) is 0 Å². The summed E-state index contributed by atoms with van der Waals surface area (Å²) in [5.41, 5.74) is 4.22. The van der Waals surface area contributed by atoms with E-state index < -0.39 is 0 Å². The van der Waals surface area contributed by atoms with Gasteiger partial charge in [-0.15, -0.1) is 0 Å². The fourth-order valence-corrected chi connectivity index (χ4v) is 4.17. The molecule has 0 saturated carbocycles. The first-order valence-corrected chi connectivity index (χ1v) is 12.3. The fourth-order valence-electron chi connectivity index (χ4n) is 4.17. The minimum atomic E-state index is -0.215. The number of rotatable bonds is 7. The predicted molar refractivity (Wildman–Crippen MR) is 143 cm³/mol. The molecule has 0 atom stereocenters. The molecule has 0 aromatic heterocycles. The van der Waals surface area contributed by atoms with Crippen molar-refractivity contribution in [2.24, 2.45) is 5.92 Å². The van der Waals surface area contributed by atoms with E-state index >= 15 is 0 Å². The highest BCUT2D eigenvalue weighted by Gasteiger charge is 2.21. The van der Waals surface area contributed by atoms with Crippen LogP contribution in [0.5, 0.6) is 0 Å². The number of piperidine rings is 1. The third-order valence-corrected chi connectivity index (χ3v) is 6.34.